The molecule has 1 heterocycles. The highest BCUT2D eigenvalue weighted by atomic mass is 35.5. The number of carbonyl (C=O) groups is 2. The van der Waals surface area contributed by atoms with Gasteiger partial charge in [-0.3, -0.25) is 10.1 Å². The van der Waals surface area contributed by atoms with Gasteiger partial charge in [-0.25, -0.2) is 14.6 Å². The molecule has 4 rings (SSSR count). The van der Waals surface area contributed by atoms with Crippen molar-refractivity contribution in [2.24, 2.45) is 4.99 Å². The maximum Gasteiger partial charge on any atom is 0.363 e. The Morgan fingerprint density at radius 2 is 1.81 bits per heavy atom. The number of non-ortho nitro benzene ring substituents is 1. The van der Waals surface area contributed by atoms with Gasteiger partial charge in [-0.1, -0.05) is 35.9 Å². The van der Waals surface area contributed by atoms with E-state index in [1.54, 1.807) is 48.5 Å². The summed E-state index contributed by atoms with van der Waals surface area (Å²) >= 11 is 6.13. The first-order chi connectivity index (χ1) is 15.4. The molecule has 0 saturated carbocycles. The molecule has 0 aromatic heterocycles. The summed E-state index contributed by atoms with van der Waals surface area (Å²) in [7, 11) is 0. The number of carbonyl (C=O) groups excluding carboxylic acids is 2. The van der Waals surface area contributed by atoms with Crippen molar-refractivity contribution >= 4 is 41.2 Å². The molecule has 1 aliphatic heterocycles. The van der Waals surface area contributed by atoms with Gasteiger partial charge >= 0.3 is 11.9 Å². The van der Waals surface area contributed by atoms with Crippen molar-refractivity contribution in [3.8, 4) is 5.75 Å². The van der Waals surface area contributed by atoms with E-state index < -0.39 is 16.9 Å². The topological polar surface area (TPSA) is 108 Å². The lowest BCUT2D eigenvalue weighted by atomic mass is 10.1. The zero-order valence-corrected chi connectivity index (χ0v) is 17.0. The Labute approximate surface area is 186 Å². The van der Waals surface area contributed by atoms with E-state index in [9.17, 15) is 19.7 Å². The number of benzene rings is 3. The van der Waals surface area contributed by atoms with Crippen molar-refractivity contribution in [3.05, 3.63) is 110 Å². The zero-order valence-electron chi connectivity index (χ0n) is 16.2. The van der Waals surface area contributed by atoms with E-state index in [4.69, 9.17) is 21.1 Å². The lowest BCUT2D eigenvalue weighted by molar-refractivity contribution is -0.384. The van der Waals surface area contributed by atoms with E-state index in [1.807, 2.05) is 0 Å². The number of aliphatic imine (C=N–C) groups is 1. The molecule has 0 unspecified atom stereocenters. The Morgan fingerprint density at radius 3 is 2.53 bits per heavy atom. The van der Waals surface area contributed by atoms with Gasteiger partial charge in [0.05, 0.1) is 21.1 Å². The first-order valence-corrected chi connectivity index (χ1v) is 9.63. The minimum absolute atomic E-state index is 0.0683. The van der Waals surface area contributed by atoms with Gasteiger partial charge in [0.25, 0.3) is 5.69 Å². The highest BCUT2D eigenvalue weighted by Gasteiger charge is 2.25. The van der Waals surface area contributed by atoms with Crippen molar-refractivity contribution in [2.45, 2.75) is 0 Å². The molecule has 158 valence electrons. The molecule has 0 N–H and O–H groups in total. The van der Waals surface area contributed by atoms with Crippen LogP contribution in [0.4, 0.5) is 5.69 Å². The number of ether oxygens (including phenoxy) is 2. The van der Waals surface area contributed by atoms with Gasteiger partial charge < -0.3 is 9.47 Å². The molecule has 8 nitrogen and oxygen atoms in total. The maximum absolute atomic E-state index is 12.3. The van der Waals surface area contributed by atoms with Crippen LogP contribution in [0, 0.1) is 10.1 Å². The molecule has 32 heavy (non-hydrogen) atoms. The van der Waals surface area contributed by atoms with E-state index in [2.05, 4.69) is 4.99 Å². The van der Waals surface area contributed by atoms with Crippen LogP contribution in [-0.4, -0.2) is 22.8 Å². The van der Waals surface area contributed by atoms with Crippen molar-refractivity contribution in [1.29, 1.82) is 0 Å². The van der Waals surface area contributed by atoms with Crippen LogP contribution in [0.15, 0.2) is 83.5 Å². The molecule has 0 radical (unpaired) electrons. The SMILES string of the molecule is O=C1OC(c2ccccc2Cl)=N/C1=C\c1cccc(OC(=O)c2ccc([N+](=O)[O-])cc2)c1. The van der Waals surface area contributed by atoms with Gasteiger partial charge in [0, 0.05) is 12.1 Å². The molecule has 1 aliphatic rings. The summed E-state index contributed by atoms with van der Waals surface area (Å²) < 4.78 is 10.5. The van der Waals surface area contributed by atoms with Crippen LogP contribution in [0.25, 0.3) is 6.08 Å². The second-order valence-corrected chi connectivity index (χ2v) is 6.99. The molecule has 0 spiro atoms. The summed E-state index contributed by atoms with van der Waals surface area (Å²) in [6.45, 7) is 0. The molecule has 0 amide bonds. The van der Waals surface area contributed by atoms with Crippen LogP contribution in [0.1, 0.15) is 21.5 Å². The second kappa shape index (κ2) is 8.83. The molecular formula is C23H13ClN2O6. The average Bonchev–Trinajstić information content (AvgIpc) is 3.14. The molecular weight excluding hydrogens is 436 g/mol. The van der Waals surface area contributed by atoms with Gasteiger partial charge in [0.15, 0.2) is 5.70 Å². The smallest absolute Gasteiger partial charge is 0.363 e. The number of nitro benzene ring substituents is 1. The molecule has 3 aromatic carbocycles. The number of hydrogen-bond acceptors (Lipinski definition) is 7. The fourth-order valence-electron chi connectivity index (χ4n) is 2.87. The molecule has 0 atom stereocenters. The fraction of sp³-hybridized carbons (Fsp3) is 0. The number of rotatable bonds is 5. The number of esters is 2. The van der Waals surface area contributed by atoms with Crippen molar-refractivity contribution in [1.82, 2.24) is 0 Å². The number of nitro groups is 1. The third kappa shape index (κ3) is 4.55. The van der Waals surface area contributed by atoms with Gasteiger partial charge in [0.1, 0.15) is 5.75 Å². The van der Waals surface area contributed by atoms with Crippen molar-refractivity contribution < 1.29 is 24.0 Å². The first-order valence-electron chi connectivity index (χ1n) is 9.25. The van der Waals surface area contributed by atoms with Crippen molar-refractivity contribution in [3.63, 3.8) is 0 Å². The largest absolute Gasteiger partial charge is 0.423 e. The van der Waals surface area contributed by atoms with Crippen LogP contribution in [-0.2, 0) is 9.53 Å². The van der Waals surface area contributed by atoms with E-state index in [0.29, 0.717) is 16.1 Å². The minimum Gasteiger partial charge on any atom is -0.423 e. The van der Waals surface area contributed by atoms with Crippen LogP contribution >= 0.6 is 11.6 Å². The van der Waals surface area contributed by atoms with Crippen LogP contribution < -0.4 is 4.74 Å². The van der Waals surface area contributed by atoms with Gasteiger partial charge in [-0.2, -0.15) is 0 Å². The summed E-state index contributed by atoms with van der Waals surface area (Å²) in [5, 5.41) is 11.1. The van der Waals surface area contributed by atoms with Gasteiger partial charge in [-0.15, -0.1) is 0 Å². The average molecular weight is 449 g/mol. The Bertz CT molecular complexity index is 1300. The quantitative estimate of drug-likeness (QED) is 0.182. The Morgan fingerprint density at radius 1 is 1.06 bits per heavy atom. The highest BCUT2D eigenvalue weighted by molar-refractivity contribution is 6.34. The molecule has 0 saturated heterocycles. The molecule has 3 aromatic rings. The summed E-state index contributed by atoms with van der Waals surface area (Å²) in [5.74, 6) is -0.978. The van der Waals surface area contributed by atoms with Gasteiger partial charge in [0.2, 0.25) is 5.90 Å². The summed E-state index contributed by atoms with van der Waals surface area (Å²) in [6.07, 6.45) is 1.50. The van der Waals surface area contributed by atoms with Crippen LogP contribution in [0.5, 0.6) is 5.75 Å². The van der Waals surface area contributed by atoms with E-state index in [0.717, 1.165) is 0 Å². The summed E-state index contributed by atoms with van der Waals surface area (Å²) in [4.78, 5) is 38.9. The zero-order chi connectivity index (χ0) is 22.7. The molecule has 0 fully saturated rings. The predicted octanol–water partition coefficient (Wildman–Crippen LogP) is 4.81. The Kier molecular flexibility index (Phi) is 5.78. The lowest BCUT2D eigenvalue weighted by Crippen LogP contribution is -2.08. The summed E-state index contributed by atoms with van der Waals surface area (Å²) in [6, 6.07) is 18.4. The third-order valence-corrected chi connectivity index (χ3v) is 4.74. The highest BCUT2D eigenvalue weighted by Crippen LogP contribution is 2.25. The normalized spacial score (nSPS) is 14.1. The minimum atomic E-state index is -0.677. The third-order valence-electron chi connectivity index (χ3n) is 4.41. The maximum atomic E-state index is 12.3. The fourth-order valence-corrected chi connectivity index (χ4v) is 3.09. The Balaban J connectivity index is 1.53. The Hall–Kier alpha value is -4.30. The van der Waals surface area contributed by atoms with E-state index >= 15 is 0 Å². The lowest BCUT2D eigenvalue weighted by Gasteiger charge is -2.05. The molecule has 0 aliphatic carbocycles. The van der Waals surface area contributed by atoms with Crippen molar-refractivity contribution in [2.75, 3.05) is 0 Å². The number of hydrogen-bond donors (Lipinski definition) is 0. The van der Waals surface area contributed by atoms with E-state index in [-0.39, 0.29) is 28.6 Å². The van der Waals surface area contributed by atoms with Crippen LogP contribution in [0.3, 0.4) is 0 Å². The molecule has 9 heteroatoms. The standard InChI is InChI=1S/C23H13ClN2O6/c24-19-7-2-1-6-18(19)21-25-20(23(28)32-21)13-14-4-3-5-17(12-14)31-22(27)15-8-10-16(11-9-15)26(29)30/h1-13H/b20-13-. The second-order valence-electron chi connectivity index (χ2n) is 6.58. The number of halogens is 1. The summed E-state index contributed by atoms with van der Waals surface area (Å²) in [5.41, 5.74) is 1.15. The van der Waals surface area contributed by atoms with Gasteiger partial charge in [-0.05, 0) is 48.0 Å². The monoisotopic (exact) mass is 448 g/mol. The molecule has 0 bridgehead atoms. The van der Waals surface area contributed by atoms with E-state index in [1.165, 1.54) is 30.3 Å². The number of nitrogens with zero attached hydrogens (tertiary/aromatic N) is 2. The predicted molar refractivity (Wildman–Crippen MR) is 117 cm³/mol. The van der Waals surface area contributed by atoms with Crippen LogP contribution in [0.2, 0.25) is 5.02 Å². The number of cyclic esters (lactones) is 1. The first kappa shape index (κ1) is 21.0.